The Morgan fingerprint density at radius 1 is 0.906 bits per heavy atom. The lowest BCUT2D eigenvalue weighted by Gasteiger charge is -2.30. The minimum absolute atomic E-state index is 0.418. The van der Waals surface area contributed by atoms with Gasteiger partial charge in [0.15, 0.2) is 0 Å². The van der Waals surface area contributed by atoms with Crippen LogP contribution in [0.2, 0.25) is 0 Å². The van der Waals surface area contributed by atoms with Crippen LogP contribution in [0.15, 0.2) is 54.7 Å². The first kappa shape index (κ1) is 20.8. The van der Waals surface area contributed by atoms with E-state index in [1.807, 2.05) is 26.2 Å². The molecule has 0 aliphatic heterocycles. The molecule has 1 aliphatic rings. The Labute approximate surface area is 189 Å². The normalized spacial score (nSPS) is 18.8. The fraction of sp³-hybridized carbons (Fsp3) is 0.385. The Kier molecular flexibility index (Phi) is 5.70. The Morgan fingerprint density at radius 2 is 1.59 bits per heavy atom. The van der Waals surface area contributed by atoms with E-state index in [0.717, 1.165) is 54.9 Å². The summed E-state index contributed by atoms with van der Waals surface area (Å²) in [5, 5.41) is 9.84. The average molecular weight is 429 g/mol. The molecule has 0 spiro atoms. The number of para-hydroxylation sites is 2. The number of benzene rings is 2. The molecular formula is C26H32N6. The Balaban J connectivity index is 1.20. The van der Waals surface area contributed by atoms with E-state index in [4.69, 9.17) is 9.97 Å². The number of rotatable bonds is 6. The summed E-state index contributed by atoms with van der Waals surface area (Å²) in [5.41, 5.74) is 3.66. The number of nitrogens with one attached hydrogen (secondary N) is 2. The van der Waals surface area contributed by atoms with Crippen molar-refractivity contribution in [1.29, 1.82) is 0 Å². The second-order valence-corrected chi connectivity index (χ2v) is 9.14. The Hall–Kier alpha value is -3.12. The third kappa shape index (κ3) is 4.15. The van der Waals surface area contributed by atoms with E-state index >= 15 is 0 Å². The van der Waals surface area contributed by atoms with Gasteiger partial charge in [-0.15, -0.1) is 0 Å². The quantitative estimate of drug-likeness (QED) is 0.466. The lowest BCUT2D eigenvalue weighted by molar-refractivity contribution is 0.352. The molecule has 2 aromatic carbocycles. The fourth-order valence-corrected chi connectivity index (χ4v) is 4.91. The molecule has 2 N–H and O–H groups in total. The van der Waals surface area contributed by atoms with E-state index in [0.29, 0.717) is 12.1 Å². The Bertz CT molecular complexity index is 1220. The molecule has 0 atom stereocenters. The molecule has 1 fully saturated rings. The van der Waals surface area contributed by atoms with Gasteiger partial charge in [-0.3, -0.25) is 0 Å². The highest BCUT2D eigenvalue weighted by molar-refractivity contribution is 5.90. The molecule has 5 rings (SSSR count). The molecule has 2 aromatic heterocycles. The molecule has 6 heteroatoms. The predicted molar refractivity (Wildman–Crippen MR) is 133 cm³/mol. The van der Waals surface area contributed by atoms with E-state index in [9.17, 15) is 0 Å². The highest BCUT2D eigenvalue weighted by atomic mass is 15.2. The Morgan fingerprint density at radius 3 is 2.38 bits per heavy atom. The number of anilines is 2. The van der Waals surface area contributed by atoms with Crippen molar-refractivity contribution in [2.45, 2.75) is 44.3 Å². The number of aromatic nitrogens is 3. The van der Waals surface area contributed by atoms with Crippen molar-refractivity contribution in [3.05, 3.63) is 60.3 Å². The van der Waals surface area contributed by atoms with Crippen molar-refractivity contribution in [3.63, 3.8) is 0 Å². The number of fused-ring (bicyclic) bond motifs is 2. The van der Waals surface area contributed by atoms with Gasteiger partial charge in [-0.25, -0.2) is 4.98 Å². The maximum atomic E-state index is 4.81. The highest BCUT2D eigenvalue weighted by Gasteiger charge is 2.22. The molecule has 0 saturated heterocycles. The summed E-state index contributed by atoms with van der Waals surface area (Å²) in [6.45, 7) is 0.921. The summed E-state index contributed by atoms with van der Waals surface area (Å²) in [6.07, 6.45) is 6.83. The molecule has 6 nitrogen and oxygen atoms in total. The molecule has 4 aromatic rings. The van der Waals surface area contributed by atoms with Gasteiger partial charge in [0.2, 0.25) is 5.95 Å². The monoisotopic (exact) mass is 428 g/mol. The lowest BCUT2D eigenvalue weighted by Crippen LogP contribution is -2.37. The zero-order chi connectivity index (χ0) is 22.1. The van der Waals surface area contributed by atoms with Gasteiger partial charge in [0.25, 0.3) is 0 Å². The average Bonchev–Trinajstić information content (AvgIpc) is 3.14. The molecule has 1 saturated carbocycles. The topological polar surface area (TPSA) is 58.0 Å². The highest BCUT2D eigenvalue weighted by Crippen LogP contribution is 2.27. The van der Waals surface area contributed by atoms with Crippen LogP contribution >= 0.6 is 0 Å². The first-order chi connectivity index (χ1) is 15.6. The SMILES string of the molecule is CN(C)c1nc(N[C@H]2CC[C@@H](NCc3cn(C)c4ccccc34)CC2)nc2ccccc12. The first-order valence-corrected chi connectivity index (χ1v) is 11.6. The van der Waals surface area contributed by atoms with Crippen molar-refractivity contribution in [2.24, 2.45) is 7.05 Å². The zero-order valence-corrected chi connectivity index (χ0v) is 19.2. The summed E-state index contributed by atoms with van der Waals surface area (Å²) in [4.78, 5) is 11.6. The molecule has 2 heterocycles. The molecule has 0 unspecified atom stereocenters. The molecule has 0 radical (unpaired) electrons. The van der Waals surface area contributed by atoms with Gasteiger partial charge in [-0.05, 0) is 49.4 Å². The van der Waals surface area contributed by atoms with Crippen LogP contribution in [0.1, 0.15) is 31.2 Å². The number of hydrogen-bond donors (Lipinski definition) is 2. The maximum absolute atomic E-state index is 4.81. The minimum Gasteiger partial charge on any atom is -0.362 e. The summed E-state index contributed by atoms with van der Waals surface area (Å²) in [5.74, 6) is 1.70. The minimum atomic E-state index is 0.418. The van der Waals surface area contributed by atoms with E-state index in [-0.39, 0.29) is 0 Å². The van der Waals surface area contributed by atoms with Crippen LogP contribution in [0, 0.1) is 0 Å². The molecule has 32 heavy (non-hydrogen) atoms. The maximum Gasteiger partial charge on any atom is 0.225 e. The molecule has 166 valence electrons. The molecule has 0 bridgehead atoms. The summed E-state index contributed by atoms with van der Waals surface area (Å²) < 4.78 is 2.22. The number of hydrogen-bond acceptors (Lipinski definition) is 5. The van der Waals surface area contributed by atoms with Crippen LogP contribution in [-0.2, 0) is 13.6 Å². The van der Waals surface area contributed by atoms with E-state index in [1.54, 1.807) is 0 Å². The van der Waals surface area contributed by atoms with Crippen LogP contribution in [0.25, 0.3) is 21.8 Å². The van der Waals surface area contributed by atoms with E-state index in [2.05, 4.69) is 69.7 Å². The van der Waals surface area contributed by atoms with Gasteiger partial charge in [-0.2, -0.15) is 4.98 Å². The first-order valence-electron chi connectivity index (χ1n) is 11.6. The van der Waals surface area contributed by atoms with Crippen molar-refractivity contribution in [2.75, 3.05) is 24.3 Å². The third-order valence-corrected chi connectivity index (χ3v) is 6.63. The molecule has 0 amide bonds. The van der Waals surface area contributed by atoms with Crippen LogP contribution in [-0.4, -0.2) is 40.7 Å². The van der Waals surface area contributed by atoms with Crippen molar-refractivity contribution < 1.29 is 0 Å². The van der Waals surface area contributed by atoms with Gasteiger partial charge in [-0.1, -0.05) is 30.3 Å². The van der Waals surface area contributed by atoms with Gasteiger partial charge >= 0.3 is 0 Å². The lowest BCUT2D eigenvalue weighted by atomic mass is 9.91. The summed E-state index contributed by atoms with van der Waals surface area (Å²) >= 11 is 0. The van der Waals surface area contributed by atoms with Crippen molar-refractivity contribution in [3.8, 4) is 0 Å². The fourth-order valence-electron chi connectivity index (χ4n) is 4.91. The second-order valence-electron chi connectivity index (χ2n) is 9.14. The summed E-state index contributed by atoms with van der Waals surface area (Å²) in [7, 11) is 6.19. The van der Waals surface area contributed by atoms with Crippen molar-refractivity contribution >= 4 is 33.6 Å². The van der Waals surface area contributed by atoms with Crippen LogP contribution in [0.5, 0.6) is 0 Å². The molecular weight excluding hydrogens is 396 g/mol. The smallest absolute Gasteiger partial charge is 0.225 e. The van der Waals surface area contributed by atoms with Crippen LogP contribution in [0.4, 0.5) is 11.8 Å². The second kappa shape index (κ2) is 8.79. The predicted octanol–water partition coefficient (Wildman–Crippen LogP) is 4.70. The molecule has 1 aliphatic carbocycles. The standard InChI is InChI=1S/C26H32N6/c1-31(2)25-22-9-4-6-10-23(22)29-26(30-25)28-20-14-12-19(13-15-20)27-16-18-17-32(3)24-11-7-5-8-21(18)24/h4-11,17,19-20,27H,12-16H2,1-3H3,(H,28,29,30)/t19-,20+. The van der Waals surface area contributed by atoms with E-state index in [1.165, 1.54) is 16.5 Å². The summed E-state index contributed by atoms with van der Waals surface area (Å²) in [6, 6.07) is 17.8. The third-order valence-electron chi connectivity index (χ3n) is 6.63. The largest absolute Gasteiger partial charge is 0.362 e. The van der Waals surface area contributed by atoms with Gasteiger partial charge in [0, 0.05) is 62.3 Å². The van der Waals surface area contributed by atoms with Crippen LogP contribution in [0.3, 0.4) is 0 Å². The van der Waals surface area contributed by atoms with Gasteiger partial charge in [0.05, 0.1) is 5.52 Å². The number of nitrogens with zero attached hydrogens (tertiary/aromatic N) is 4. The van der Waals surface area contributed by atoms with Gasteiger partial charge < -0.3 is 20.1 Å². The van der Waals surface area contributed by atoms with Crippen molar-refractivity contribution in [1.82, 2.24) is 19.9 Å². The van der Waals surface area contributed by atoms with E-state index < -0.39 is 0 Å². The van der Waals surface area contributed by atoms with Crippen LogP contribution < -0.4 is 15.5 Å². The van der Waals surface area contributed by atoms with Gasteiger partial charge in [0.1, 0.15) is 5.82 Å². The zero-order valence-electron chi connectivity index (χ0n) is 19.2. The number of aryl methyl sites for hydroxylation is 1.